The van der Waals surface area contributed by atoms with Crippen LogP contribution in [0.2, 0.25) is 0 Å². The highest BCUT2D eigenvalue weighted by molar-refractivity contribution is 5.76. The van der Waals surface area contributed by atoms with Crippen molar-refractivity contribution in [3.8, 4) is 0 Å². The van der Waals surface area contributed by atoms with Crippen molar-refractivity contribution in [1.82, 2.24) is 24.4 Å². The Morgan fingerprint density at radius 1 is 0.973 bits per heavy atom. The first-order valence-electron chi connectivity index (χ1n) is 12.9. The van der Waals surface area contributed by atoms with Gasteiger partial charge in [-0.2, -0.15) is 0 Å². The maximum atomic E-state index is 12.7. The molecule has 1 fully saturated rings. The van der Waals surface area contributed by atoms with Crippen LogP contribution in [0.3, 0.4) is 0 Å². The van der Waals surface area contributed by atoms with E-state index in [9.17, 15) is 14.4 Å². The van der Waals surface area contributed by atoms with Gasteiger partial charge in [0.05, 0.1) is 0 Å². The van der Waals surface area contributed by atoms with E-state index in [4.69, 9.17) is 0 Å². The molecule has 0 radical (unpaired) electrons. The van der Waals surface area contributed by atoms with Crippen molar-refractivity contribution in [1.29, 1.82) is 0 Å². The van der Waals surface area contributed by atoms with Gasteiger partial charge in [-0.25, -0.2) is 14.8 Å². The van der Waals surface area contributed by atoms with Gasteiger partial charge in [-0.15, -0.1) is 0 Å². The molecular formula is C27H33N7O3. The van der Waals surface area contributed by atoms with Gasteiger partial charge < -0.3 is 15.1 Å². The molecule has 0 atom stereocenters. The first-order chi connectivity index (χ1) is 17.9. The van der Waals surface area contributed by atoms with Crippen LogP contribution in [0.1, 0.15) is 41.8 Å². The molecule has 5 rings (SSSR count). The molecule has 37 heavy (non-hydrogen) atoms. The first kappa shape index (κ1) is 24.7. The Labute approximate surface area is 215 Å². The van der Waals surface area contributed by atoms with Crippen LogP contribution in [-0.2, 0) is 24.2 Å². The van der Waals surface area contributed by atoms with Crippen molar-refractivity contribution < 1.29 is 4.79 Å². The summed E-state index contributed by atoms with van der Waals surface area (Å²) in [5.41, 5.74) is 4.51. The number of hydrogen-bond donors (Lipinski definition) is 2. The van der Waals surface area contributed by atoms with Crippen molar-refractivity contribution in [3.63, 3.8) is 0 Å². The van der Waals surface area contributed by atoms with Crippen LogP contribution in [0, 0.1) is 13.8 Å². The highest BCUT2D eigenvalue weighted by atomic mass is 16.2. The number of carbonyl (C=O) groups excluding carboxylic acids is 1. The minimum absolute atomic E-state index is 0.0281. The Morgan fingerprint density at radius 3 is 2.43 bits per heavy atom. The molecule has 1 amide bonds. The van der Waals surface area contributed by atoms with E-state index in [0.29, 0.717) is 44.4 Å². The van der Waals surface area contributed by atoms with Crippen LogP contribution >= 0.6 is 0 Å². The molecule has 1 aliphatic heterocycles. The Kier molecular flexibility index (Phi) is 7.07. The summed E-state index contributed by atoms with van der Waals surface area (Å²) < 4.78 is 1.15. The van der Waals surface area contributed by atoms with E-state index >= 15 is 0 Å². The molecule has 10 nitrogen and oxygen atoms in total. The summed E-state index contributed by atoms with van der Waals surface area (Å²) in [7, 11) is 0. The molecule has 0 unspecified atom stereocenters. The van der Waals surface area contributed by atoms with Gasteiger partial charge in [0.15, 0.2) is 0 Å². The minimum atomic E-state index is -0.481. The normalized spacial score (nSPS) is 15.1. The lowest BCUT2D eigenvalue weighted by molar-refractivity contribution is -0.131. The topological polar surface area (TPSA) is 116 Å². The van der Waals surface area contributed by atoms with E-state index in [0.717, 1.165) is 40.9 Å². The summed E-state index contributed by atoms with van der Waals surface area (Å²) in [4.78, 5) is 53.7. The number of H-pyrrole nitrogens is 1. The first-order valence-corrected chi connectivity index (χ1v) is 12.9. The summed E-state index contributed by atoms with van der Waals surface area (Å²) in [6.45, 7) is 6.63. The maximum Gasteiger partial charge on any atom is 0.329 e. The number of aromatic amines is 1. The van der Waals surface area contributed by atoms with Gasteiger partial charge in [-0.05, 0) is 68.9 Å². The molecule has 0 bridgehead atoms. The second-order valence-corrected chi connectivity index (χ2v) is 9.86. The third kappa shape index (κ3) is 5.73. The molecule has 2 aliphatic rings. The van der Waals surface area contributed by atoms with Crippen molar-refractivity contribution >= 4 is 23.4 Å². The fourth-order valence-electron chi connectivity index (χ4n) is 5.16. The molecule has 3 aromatic rings. The number of rotatable bonds is 7. The van der Waals surface area contributed by atoms with Crippen molar-refractivity contribution in [3.05, 3.63) is 73.7 Å². The SMILES string of the molecule is Cc1cc(C)nc(N2CCN(C(=O)CCCn3c(=O)cc(Nc4ccc5c(c4)CCC5)[nH]c3=O)CC2)n1. The summed E-state index contributed by atoms with van der Waals surface area (Å²) in [6, 6.07) is 9.47. The fraction of sp³-hybridized carbons (Fsp3) is 0.444. The molecule has 1 aliphatic carbocycles. The third-order valence-corrected chi connectivity index (χ3v) is 7.06. The number of benzene rings is 1. The molecule has 0 spiro atoms. The lowest BCUT2D eigenvalue weighted by Gasteiger charge is -2.35. The van der Waals surface area contributed by atoms with Gasteiger partial charge in [-0.1, -0.05) is 6.07 Å². The van der Waals surface area contributed by atoms with E-state index in [2.05, 4.69) is 37.3 Å². The predicted octanol–water partition coefficient (Wildman–Crippen LogP) is 2.30. The van der Waals surface area contributed by atoms with E-state index in [1.54, 1.807) is 0 Å². The molecule has 10 heteroatoms. The smallest absolute Gasteiger partial charge is 0.329 e. The second-order valence-electron chi connectivity index (χ2n) is 9.86. The van der Waals surface area contributed by atoms with Crippen LogP contribution in [-0.4, -0.2) is 56.5 Å². The number of nitrogens with zero attached hydrogens (tertiary/aromatic N) is 5. The van der Waals surface area contributed by atoms with Crippen LogP contribution in [0.4, 0.5) is 17.5 Å². The number of anilines is 3. The van der Waals surface area contributed by atoms with E-state index in [-0.39, 0.29) is 24.4 Å². The lowest BCUT2D eigenvalue weighted by atomic mass is 10.1. The fourth-order valence-corrected chi connectivity index (χ4v) is 5.16. The Bertz CT molecular complexity index is 1370. The van der Waals surface area contributed by atoms with E-state index < -0.39 is 5.69 Å². The molecule has 1 saturated heterocycles. The average Bonchev–Trinajstić information content (AvgIpc) is 3.33. The maximum absolute atomic E-state index is 12.7. The number of aromatic nitrogens is 4. The second kappa shape index (κ2) is 10.6. The number of amides is 1. The van der Waals surface area contributed by atoms with Gasteiger partial charge in [0.2, 0.25) is 11.9 Å². The monoisotopic (exact) mass is 503 g/mol. The van der Waals surface area contributed by atoms with Crippen molar-refractivity contribution in [2.45, 2.75) is 52.5 Å². The Hall–Kier alpha value is -3.95. The number of carbonyl (C=O) groups is 1. The Balaban J connectivity index is 1.12. The number of piperazine rings is 1. The highest BCUT2D eigenvalue weighted by Gasteiger charge is 2.22. The predicted molar refractivity (Wildman–Crippen MR) is 143 cm³/mol. The largest absolute Gasteiger partial charge is 0.342 e. The minimum Gasteiger partial charge on any atom is -0.342 e. The van der Waals surface area contributed by atoms with Gasteiger partial charge >= 0.3 is 5.69 Å². The van der Waals surface area contributed by atoms with Crippen LogP contribution in [0.15, 0.2) is 39.9 Å². The summed E-state index contributed by atoms with van der Waals surface area (Å²) in [5.74, 6) is 1.10. The number of fused-ring (bicyclic) bond motifs is 1. The molecule has 3 heterocycles. The number of hydrogen-bond acceptors (Lipinski definition) is 7. The zero-order chi connectivity index (χ0) is 25.9. The van der Waals surface area contributed by atoms with Crippen LogP contribution in [0.25, 0.3) is 0 Å². The van der Waals surface area contributed by atoms with Crippen molar-refractivity contribution in [2.24, 2.45) is 0 Å². The quantitative estimate of drug-likeness (QED) is 0.508. The van der Waals surface area contributed by atoms with Gasteiger partial charge in [0.25, 0.3) is 5.56 Å². The average molecular weight is 504 g/mol. The Morgan fingerprint density at radius 2 is 1.70 bits per heavy atom. The number of nitrogens with one attached hydrogen (secondary N) is 2. The molecule has 194 valence electrons. The highest BCUT2D eigenvalue weighted by Crippen LogP contribution is 2.26. The molecule has 2 aromatic heterocycles. The number of aryl methyl sites for hydroxylation is 4. The lowest BCUT2D eigenvalue weighted by Crippen LogP contribution is -2.49. The molecular weight excluding hydrogens is 470 g/mol. The van der Waals surface area contributed by atoms with Crippen LogP contribution < -0.4 is 21.5 Å². The molecule has 2 N–H and O–H groups in total. The summed E-state index contributed by atoms with van der Waals surface area (Å²) >= 11 is 0. The van der Waals surface area contributed by atoms with Gasteiger partial charge in [0, 0.05) is 62.3 Å². The van der Waals surface area contributed by atoms with E-state index in [1.807, 2.05) is 30.9 Å². The molecule has 1 aromatic carbocycles. The zero-order valence-corrected chi connectivity index (χ0v) is 21.4. The third-order valence-electron chi connectivity index (χ3n) is 7.06. The van der Waals surface area contributed by atoms with Crippen molar-refractivity contribution in [2.75, 3.05) is 36.4 Å². The summed E-state index contributed by atoms with van der Waals surface area (Å²) in [5, 5.41) is 3.14. The molecule has 0 saturated carbocycles. The van der Waals surface area contributed by atoms with Gasteiger partial charge in [0.1, 0.15) is 5.82 Å². The van der Waals surface area contributed by atoms with Gasteiger partial charge in [-0.3, -0.25) is 19.1 Å². The standard InChI is InChI=1S/C27H33N7O3/c1-18-15-19(2)29-26(28-18)33-13-11-32(12-14-33)24(35)7-4-10-34-25(36)17-23(31-27(34)37)30-22-9-8-20-5-3-6-21(20)16-22/h8-9,15-17,30H,3-7,10-14H2,1-2H3,(H,31,37). The summed E-state index contributed by atoms with van der Waals surface area (Å²) in [6.07, 6.45) is 4.01. The van der Waals surface area contributed by atoms with Crippen LogP contribution in [0.5, 0.6) is 0 Å². The zero-order valence-electron chi connectivity index (χ0n) is 21.4. The van der Waals surface area contributed by atoms with E-state index in [1.165, 1.54) is 17.2 Å².